The third-order valence-electron chi connectivity index (χ3n) is 3.73. The Morgan fingerprint density at radius 2 is 2.08 bits per heavy atom. The lowest BCUT2D eigenvalue weighted by atomic mass is 10.2. The molecule has 1 aliphatic heterocycles. The van der Waals surface area contributed by atoms with E-state index >= 15 is 0 Å². The van der Waals surface area contributed by atoms with E-state index in [4.69, 9.17) is 9.26 Å². The summed E-state index contributed by atoms with van der Waals surface area (Å²) in [4.78, 5) is 11.3. The average molecular weight is 452 g/mol. The molecule has 0 radical (unpaired) electrons. The van der Waals surface area contributed by atoms with Gasteiger partial charge in [-0.1, -0.05) is 5.16 Å². The molecule has 138 valence electrons. The molecule has 1 unspecified atom stereocenters. The van der Waals surface area contributed by atoms with Crippen molar-refractivity contribution in [3.63, 3.8) is 0 Å². The molecule has 9 heteroatoms. The van der Waals surface area contributed by atoms with Crippen LogP contribution in [0.15, 0.2) is 9.52 Å². The number of ether oxygens (including phenoxy) is 1. The Labute approximate surface area is 160 Å². The van der Waals surface area contributed by atoms with Crippen LogP contribution < -0.4 is 10.6 Å². The van der Waals surface area contributed by atoms with Crippen molar-refractivity contribution in [3.05, 3.63) is 11.7 Å². The molecular weight excluding hydrogens is 423 g/mol. The summed E-state index contributed by atoms with van der Waals surface area (Å²) < 4.78 is 10.5. The third-order valence-corrected chi connectivity index (χ3v) is 3.73. The van der Waals surface area contributed by atoms with Crippen LogP contribution in [0.2, 0.25) is 0 Å². The summed E-state index contributed by atoms with van der Waals surface area (Å²) in [6.07, 6.45) is 0.685. The van der Waals surface area contributed by atoms with Gasteiger partial charge in [0.2, 0.25) is 5.89 Å². The van der Waals surface area contributed by atoms with Crippen molar-refractivity contribution < 1.29 is 9.26 Å². The molecule has 1 fully saturated rings. The van der Waals surface area contributed by atoms with Gasteiger partial charge in [-0.25, -0.2) is 0 Å². The van der Waals surface area contributed by atoms with Crippen LogP contribution in [0.5, 0.6) is 0 Å². The highest BCUT2D eigenvalue weighted by molar-refractivity contribution is 14.0. The Hall–Kier alpha value is -0.940. The standard InChI is InChI=1S/C15H28N6O2.HI/c1-4-16-15(17-6-5-14-19-13(3)20-23-14)18-11-12(2)21-7-9-22-10-8-21;/h12H,4-11H2,1-3H3,(H2,16,17,18);1H. The van der Waals surface area contributed by atoms with Gasteiger partial charge in [0, 0.05) is 38.6 Å². The van der Waals surface area contributed by atoms with E-state index in [1.165, 1.54) is 0 Å². The molecule has 0 aliphatic carbocycles. The number of rotatable bonds is 7. The molecule has 8 nitrogen and oxygen atoms in total. The van der Waals surface area contributed by atoms with Gasteiger partial charge >= 0.3 is 0 Å². The molecular formula is C15H29IN6O2. The molecule has 0 spiro atoms. The summed E-state index contributed by atoms with van der Waals surface area (Å²) in [6, 6.07) is 0.410. The van der Waals surface area contributed by atoms with Gasteiger partial charge < -0.3 is 19.9 Å². The number of nitrogens with zero attached hydrogens (tertiary/aromatic N) is 4. The van der Waals surface area contributed by atoms with Gasteiger partial charge in [0.1, 0.15) is 0 Å². The van der Waals surface area contributed by atoms with Crippen LogP contribution in [0, 0.1) is 6.92 Å². The van der Waals surface area contributed by atoms with E-state index < -0.39 is 0 Å². The molecule has 2 heterocycles. The molecule has 2 rings (SSSR count). The molecule has 0 saturated carbocycles. The van der Waals surface area contributed by atoms with E-state index in [1.807, 2.05) is 6.92 Å². The van der Waals surface area contributed by atoms with Crippen molar-refractivity contribution in [2.24, 2.45) is 4.99 Å². The second-order valence-corrected chi connectivity index (χ2v) is 5.63. The van der Waals surface area contributed by atoms with E-state index in [-0.39, 0.29) is 24.0 Å². The summed E-state index contributed by atoms with van der Waals surface area (Å²) in [5.41, 5.74) is 0. The van der Waals surface area contributed by atoms with E-state index in [2.05, 4.69) is 44.5 Å². The van der Waals surface area contributed by atoms with Crippen LogP contribution in [0.3, 0.4) is 0 Å². The fourth-order valence-electron chi connectivity index (χ4n) is 2.43. The number of hydrogen-bond acceptors (Lipinski definition) is 6. The predicted octanol–water partition coefficient (Wildman–Crippen LogP) is 0.814. The maximum Gasteiger partial charge on any atom is 0.228 e. The smallest absolute Gasteiger partial charge is 0.228 e. The largest absolute Gasteiger partial charge is 0.379 e. The summed E-state index contributed by atoms with van der Waals surface area (Å²) in [5, 5.41) is 10.4. The molecule has 1 atom stereocenters. The van der Waals surface area contributed by atoms with E-state index in [1.54, 1.807) is 0 Å². The van der Waals surface area contributed by atoms with Crippen LogP contribution >= 0.6 is 24.0 Å². The number of halogens is 1. The van der Waals surface area contributed by atoms with Crippen molar-refractivity contribution in [1.82, 2.24) is 25.7 Å². The second-order valence-electron chi connectivity index (χ2n) is 5.63. The van der Waals surface area contributed by atoms with Crippen LogP contribution in [0.1, 0.15) is 25.6 Å². The van der Waals surface area contributed by atoms with Crippen molar-refractivity contribution in [3.8, 4) is 0 Å². The van der Waals surface area contributed by atoms with Gasteiger partial charge in [-0.05, 0) is 20.8 Å². The van der Waals surface area contributed by atoms with E-state index in [0.717, 1.165) is 45.4 Å². The number of guanidine groups is 1. The molecule has 1 aromatic heterocycles. The predicted molar refractivity (Wildman–Crippen MR) is 104 cm³/mol. The highest BCUT2D eigenvalue weighted by Gasteiger charge is 2.16. The Balaban J connectivity index is 0.00000288. The maximum absolute atomic E-state index is 5.39. The zero-order chi connectivity index (χ0) is 16.5. The number of hydrogen-bond donors (Lipinski definition) is 2. The summed E-state index contributed by atoms with van der Waals surface area (Å²) in [6.45, 7) is 12.0. The summed E-state index contributed by atoms with van der Waals surface area (Å²) >= 11 is 0. The number of aryl methyl sites for hydroxylation is 1. The normalized spacial score (nSPS) is 17.2. The topological polar surface area (TPSA) is 87.8 Å². The average Bonchev–Trinajstić information content (AvgIpc) is 2.98. The number of aliphatic imine (C=N–C) groups is 1. The molecule has 1 saturated heterocycles. The zero-order valence-corrected chi connectivity index (χ0v) is 17.1. The molecule has 1 aliphatic rings. The monoisotopic (exact) mass is 452 g/mol. The first-order valence-electron chi connectivity index (χ1n) is 8.32. The molecule has 2 N–H and O–H groups in total. The zero-order valence-electron chi connectivity index (χ0n) is 14.7. The minimum atomic E-state index is 0. The van der Waals surface area contributed by atoms with Gasteiger partial charge in [0.05, 0.1) is 19.8 Å². The van der Waals surface area contributed by atoms with Gasteiger partial charge in [0.25, 0.3) is 0 Å². The molecule has 1 aromatic rings. The lowest BCUT2D eigenvalue weighted by Gasteiger charge is -2.31. The highest BCUT2D eigenvalue weighted by Crippen LogP contribution is 2.03. The fraction of sp³-hybridized carbons (Fsp3) is 0.800. The molecule has 0 aromatic carbocycles. The number of aromatic nitrogens is 2. The van der Waals surface area contributed by atoms with Crippen molar-refractivity contribution in [1.29, 1.82) is 0 Å². The van der Waals surface area contributed by atoms with Crippen LogP contribution in [-0.2, 0) is 11.2 Å². The SMILES string of the molecule is CCNC(=NCC(C)N1CCOCC1)NCCc1nc(C)no1.I. The first kappa shape index (κ1) is 21.1. The number of nitrogens with one attached hydrogen (secondary N) is 2. The van der Waals surface area contributed by atoms with Crippen LogP contribution in [0.4, 0.5) is 0 Å². The van der Waals surface area contributed by atoms with Crippen molar-refractivity contribution in [2.45, 2.75) is 33.2 Å². The van der Waals surface area contributed by atoms with Gasteiger partial charge in [0.15, 0.2) is 11.8 Å². The van der Waals surface area contributed by atoms with Gasteiger partial charge in [-0.2, -0.15) is 4.98 Å². The van der Waals surface area contributed by atoms with E-state index in [0.29, 0.717) is 30.7 Å². The Kier molecular flexibility index (Phi) is 10.2. The summed E-state index contributed by atoms with van der Waals surface area (Å²) in [5.74, 6) is 2.14. The molecule has 24 heavy (non-hydrogen) atoms. The van der Waals surface area contributed by atoms with Gasteiger partial charge in [-0.15, -0.1) is 24.0 Å². The van der Waals surface area contributed by atoms with Crippen molar-refractivity contribution in [2.75, 3.05) is 45.9 Å². The lowest BCUT2D eigenvalue weighted by molar-refractivity contribution is 0.0220. The fourth-order valence-corrected chi connectivity index (χ4v) is 2.43. The van der Waals surface area contributed by atoms with E-state index in [9.17, 15) is 0 Å². The lowest BCUT2D eigenvalue weighted by Crippen LogP contribution is -2.44. The molecule has 0 bridgehead atoms. The third kappa shape index (κ3) is 7.31. The quantitative estimate of drug-likeness (QED) is 0.360. The Bertz CT molecular complexity index is 490. The number of morpholine rings is 1. The minimum absolute atomic E-state index is 0. The Morgan fingerprint density at radius 3 is 2.71 bits per heavy atom. The maximum atomic E-state index is 5.39. The first-order chi connectivity index (χ1) is 11.2. The van der Waals surface area contributed by atoms with Crippen molar-refractivity contribution >= 4 is 29.9 Å². The second kappa shape index (κ2) is 11.6. The minimum Gasteiger partial charge on any atom is -0.379 e. The van der Waals surface area contributed by atoms with Crippen LogP contribution in [0.25, 0.3) is 0 Å². The van der Waals surface area contributed by atoms with Crippen LogP contribution in [-0.4, -0.2) is 73.0 Å². The molecule has 0 amide bonds. The van der Waals surface area contributed by atoms with Gasteiger partial charge in [-0.3, -0.25) is 9.89 Å². The highest BCUT2D eigenvalue weighted by atomic mass is 127. The first-order valence-corrected chi connectivity index (χ1v) is 8.32. The Morgan fingerprint density at radius 1 is 1.33 bits per heavy atom. The summed E-state index contributed by atoms with van der Waals surface area (Å²) in [7, 11) is 0.